The first kappa shape index (κ1) is 12.6. The lowest BCUT2D eigenvalue weighted by molar-refractivity contribution is 0.0697. The number of carbonyl (C=O) groups is 1. The van der Waals surface area contributed by atoms with Crippen molar-refractivity contribution in [3.05, 3.63) is 47.7 Å². The Kier molecular flexibility index (Phi) is 3.33. The Hall–Kier alpha value is -2.43. The lowest BCUT2D eigenvalue weighted by atomic mass is 9.83. The molecule has 3 rings (SSSR count). The van der Waals surface area contributed by atoms with E-state index in [0.717, 1.165) is 11.4 Å². The van der Waals surface area contributed by atoms with Crippen LogP contribution in [-0.4, -0.2) is 21.3 Å². The standard InChI is InChI=1S/C15H15N3O2/c19-15(20)11-4-6-12(7-5-11)16-14-9-8-13(17-18-14)10-2-1-3-10/h4-10H,1-3H2,(H,16,18)(H,19,20). The third-order valence-electron chi connectivity index (χ3n) is 3.61. The second kappa shape index (κ2) is 5.28. The highest BCUT2D eigenvalue weighted by Gasteiger charge is 2.20. The molecule has 102 valence electrons. The highest BCUT2D eigenvalue weighted by Crippen LogP contribution is 2.35. The van der Waals surface area contributed by atoms with E-state index in [-0.39, 0.29) is 5.56 Å². The number of rotatable bonds is 4. The Morgan fingerprint density at radius 3 is 2.35 bits per heavy atom. The Balaban J connectivity index is 1.68. The van der Waals surface area contributed by atoms with Crippen molar-refractivity contribution in [2.45, 2.75) is 25.2 Å². The van der Waals surface area contributed by atoms with Gasteiger partial charge in [0.2, 0.25) is 0 Å². The van der Waals surface area contributed by atoms with Gasteiger partial charge < -0.3 is 10.4 Å². The molecule has 1 aromatic heterocycles. The van der Waals surface area contributed by atoms with Gasteiger partial charge in [0.25, 0.3) is 0 Å². The first-order chi connectivity index (χ1) is 9.72. The molecule has 2 N–H and O–H groups in total. The molecule has 5 nitrogen and oxygen atoms in total. The van der Waals surface area contributed by atoms with Gasteiger partial charge in [0.05, 0.1) is 11.3 Å². The maximum Gasteiger partial charge on any atom is 0.335 e. The minimum atomic E-state index is -0.929. The number of benzene rings is 1. The van der Waals surface area contributed by atoms with Crippen LogP contribution in [0.1, 0.15) is 41.2 Å². The molecule has 0 aliphatic heterocycles. The van der Waals surface area contributed by atoms with E-state index in [4.69, 9.17) is 5.11 Å². The molecule has 0 unspecified atom stereocenters. The summed E-state index contributed by atoms with van der Waals surface area (Å²) in [6.45, 7) is 0. The number of aromatic carboxylic acids is 1. The fourth-order valence-electron chi connectivity index (χ4n) is 2.18. The normalized spacial score (nSPS) is 14.6. The topological polar surface area (TPSA) is 75.1 Å². The summed E-state index contributed by atoms with van der Waals surface area (Å²) in [5.41, 5.74) is 2.12. The van der Waals surface area contributed by atoms with E-state index in [1.54, 1.807) is 24.3 Å². The maximum absolute atomic E-state index is 10.8. The Morgan fingerprint density at radius 2 is 1.85 bits per heavy atom. The average molecular weight is 269 g/mol. The van der Waals surface area contributed by atoms with Crippen molar-refractivity contribution >= 4 is 17.5 Å². The van der Waals surface area contributed by atoms with Crippen molar-refractivity contribution in [1.82, 2.24) is 10.2 Å². The molecule has 0 atom stereocenters. The molecular weight excluding hydrogens is 254 g/mol. The zero-order valence-corrected chi connectivity index (χ0v) is 10.9. The summed E-state index contributed by atoms with van der Waals surface area (Å²) >= 11 is 0. The van der Waals surface area contributed by atoms with Crippen LogP contribution in [-0.2, 0) is 0 Å². The smallest absolute Gasteiger partial charge is 0.335 e. The Morgan fingerprint density at radius 1 is 1.10 bits per heavy atom. The maximum atomic E-state index is 10.8. The molecule has 0 bridgehead atoms. The predicted molar refractivity (Wildman–Crippen MR) is 75.3 cm³/mol. The molecular formula is C15H15N3O2. The average Bonchev–Trinajstić information content (AvgIpc) is 2.39. The van der Waals surface area contributed by atoms with E-state index in [1.807, 2.05) is 12.1 Å². The summed E-state index contributed by atoms with van der Waals surface area (Å²) in [7, 11) is 0. The monoisotopic (exact) mass is 269 g/mol. The van der Waals surface area contributed by atoms with Crippen molar-refractivity contribution in [3.63, 3.8) is 0 Å². The Labute approximate surface area is 116 Å². The lowest BCUT2D eigenvalue weighted by Crippen LogP contribution is -2.11. The molecule has 0 spiro atoms. The fourth-order valence-corrected chi connectivity index (χ4v) is 2.18. The summed E-state index contributed by atoms with van der Waals surface area (Å²) in [5.74, 6) is 0.309. The van der Waals surface area contributed by atoms with Gasteiger partial charge in [-0.05, 0) is 49.2 Å². The second-order valence-corrected chi connectivity index (χ2v) is 4.98. The predicted octanol–water partition coefficient (Wildman–Crippen LogP) is 3.19. The molecule has 1 saturated carbocycles. The van der Waals surface area contributed by atoms with Crippen LogP contribution in [0, 0.1) is 0 Å². The van der Waals surface area contributed by atoms with Crippen molar-refractivity contribution < 1.29 is 9.90 Å². The first-order valence-corrected chi connectivity index (χ1v) is 6.66. The van der Waals surface area contributed by atoms with E-state index in [2.05, 4.69) is 15.5 Å². The fraction of sp³-hybridized carbons (Fsp3) is 0.267. The zero-order chi connectivity index (χ0) is 13.9. The number of anilines is 2. The van der Waals surface area contributed by atoms with Crippen LogP contribution in [0.15, 0.2) is 36.4 Å². The third kappa shape index (κ3) is 2.61. The summed E-state index contributed by atoms with van der Waals surface area (Å²) in [6, 6.07) is 10.5. The van der Waals surface area contributed by atoms with Crippen LogP contribution in [0.2, 0.25) is 0 Å². The van der Waals surface area contributed by atoms with Crippen LogP contribution in [0.5, 0.6) is 0 Å². The first-order valence-electron chi connectivity index (χ1n) is 6.66. The van der Waals surface area contributed by atoms with Crippen molar-refractivity contribution in [1.29, 1.82) is 0 Å². The highest BCUT2D eigenvalue weighted by molar-refractivity contribution is 5.88. The summed E-state index contributed by atoms with van der Waals surface area (Å²) in [5, 5.41) is 20.3. The second-order valence-electron chi connectivity index (χ2n) is 4.98. The van der Waals surface area contributed by atoms with Gasteiger partial charge in [-0.3, -0.25) is 0 Å². The molecule has 1 aliphatic carbocycles. The van der Waals surface area contributed by atoms with Crippen LogP contribution < -0.4 is 5.32 Å². The van der Waals surface area contributed by atoms with Crippen LogP contribution in [0.4, 0.5) is 11.5 Å². The zero-order valence-electron chi connectivity index (χ0n) is 10.9. The Bertz CT molecular complexity index is 604. The molecule has 0 saturated heterocycles. The van der Waals surface area contributed by atoms with Gasteiger partial charge >= 0.3 is 5.97 Å². The minimum absolute atomic E-state index is 0.266. The van der Waals surface area contributed by atoms with Gasteiger partial charge in [-0.2, -0.15) is 5.10 Å². The SMILES string of the molecule is O=C(O)c1ccc(Nc2ccc(C3CCC3)nn2)cc1. The van der Waals surface area contributed by atoms with Gasteiger partial charge in [-0.15, -0.1) is 5.10 Å². The van der Waals surface area contributed by atoms with E-state index >= 15 is 0 Å². The minimum Gasteiger partial charge on any atom is -0.478 e. The summed E-state index contributed by atoms with van der Waals surface area (Å²) in [6.07, 6.45) is 3.69. The van der Waals surface area contributed by atoms with Crippen LogP contribution >= 0.6 is 0 Å². The largest absolute Gasteiger partial charge is 0.478 e. The number of carboxylic acid groups (broad SMARTS) is 1. The van der Waals surface area contributed by atoms with E-state index in [0.29, 0.717) is 11.7 Å². The molecule has 1 fully saturated rings. The van der Waals surface area contributed by atoms with E-state index in [1.165, 1.54) is 19.3 Å². The number of aromatic nitrogens is 2. The van der Waals surface area contributed by atoms with Crippen molar-refractivity contribution in [2.24, 2.45) is 0 Å². The molecule has 20 heavy (non-hydrogen) atoms. The number of carboxylic acids is 1. The molecule has 1 heterocycles. The molecule has 2 aromatic rings. The van der Waals surface area contributed by atoms with Crippen molar-refractivity contribution in [2.75, 3.05) is 5.32 Å². The highest BCUT2D eigenvalue weighted by atomic mass is 16.4. The van der Waals surface area contributed by atoms with Crippen LogP contribution in [0.25, 0.3) is 0 Å². The quantitative estimate of drug-likeness (QED) is 0.891. The molecule has 1 aromatic carbocycles. The van der Waals surface area contributed by atoms with Gasteiger partial charge in [-0.25, -0.2) is 4.79 Å². The summed E-state index contributed by atoms with van der Waals surface area (Å²) < 4.78 is 0. The van der Waals surface area contributed by atoms with Gasteiger partial charge in [-0.1, -0.05) is 6.42 Å². The molecule has 1 aliphatic rings. The molecule has 5 heteroatoms. The van der Waals surface area contributed by atoms with E-state index in [9.17, 15) is 4.79 Å². The number of nitrogens with one attached hydrogen (secondary N) is 1. The number of hydrogen-bond donors (Lipinski definition) is 2. The lowest BCUT2D eigenvalue weighted by Gasteiger charge is -2.24. The summed E-state index contributed by atoms with van der Waals surface area (Å²) in [4.78, 5) is 10.8. The van der Waals surface area contributed by atoms with Gasteiger partial charge in [0.1, 0.15) is 0 Å². The van der Waals surface area contributed by atoms with Gasteiger partial charge in [0, 0.05) is 11.6 Å². The van der Waals surface area contributed by atoms with Crippen LogP contribution in [0.3, 0.4) is 0 Å². The van der Waals surface area contributed by atoms with Gasteiger partial charge in [0.15, 0.2) is 5.82 Å². The van der Waals surface area contributed by atoms with Crippen molar-refractivity contribution in [3.8, 4) is 0 Å². The molecule has 0 amide bonds. The number of nitrogens with zero attached hydrogens (tertiary/aromatic N) is 2. The molecule has 0 radical (unpaired) electrons. The third-order valence-corrected chi connectivity index (χ3v) is 3.61. The number of hydrogen-bond acceptors (Lipinski definition) is 4. The van der Waals surface area contributed by atoms with E-state index < -0.39 is 5.97 Å².